The van der Waals surface area contributed by atoms with Gasteiger partial charge in [-0.05, 0) is 39.7 Å². The first-order valence-electron chi connectivity index (χ1n) is 6.32. The van der Waals surface area contributed by atoms with E-state index in [0.29, 0.717) is 5.78 Å². The molecule has 0 radical (unpaired) electrons. The molecule has 1 aliphatic rings. The Morgan fingerprint density at radius 2 is 2.41 bits per heavy atom. The Balaban J connectivity index is 1.92. The molecular formula is C13H20N2OS. The van der Waals surface area contributed by atoms with Crippen molar-refractivity contribution >= 4 is 17.1 Å². The van der Waals surface area contributed by atoms with E-state index in [1.165, 1.54) is 17.7 Å². The lowest BCUT2D eigenvalue weighted by Gasteiger charge is -2.33. The van der Waals surface area contributed by atoms with Crippen molar-refractivity contribution in [1.29, 1.82) is 0 Å². The van der Waals surface area contributed by atoms with E-state index in [9.17, 15) is 4.79 Å². The van der Waals surface area contributed by atoms with Crippen molar-refractivity contribution < 1.29 is 4.79 Å². The molecule has 1 aromatic heterocycles. The van der Waals surface area contributed by atoms with Crippen LogP contribution in [0.25, 0.3) is 0 Å². The summed E-state index contributed by atoms with van der Waals surface area (Å²) in [6.45, 7) is 5.85. The maximum atomic E-state index is 11.6. The van der Waals surface area contributed by atoms with Crippen molar-refractivity contribution in [1.82, 2.24) is 9.88 Å². The normalized spacial score (nSPS) is 21.6. The van der Waals surface area contributed by atoms with Crippen molar-refractivity contribution in [3.8, 4) is 0 Å². The zero-order valence-electron chi connectivity index (χ0n) is 10.6. The molecule has 0 spiro atoms. The van der Waals surface area contributed by atoms with Crippen LogP contribution in [0.1, 0.15) is 36.8 Å². The third-order valence-electron chi connectivity index (χ3n) is 3.55. The monoisotopic (exact) mass is 252 g/mol. The fourth-order valence-corrected chi connectivity index (χ4v) is 3.30. The smallest absolute Gasteiger partial charge is 0.146 e. The van der Waals surface area contributed by atoms with Crippen LogP contribution in [-0.4, -0.2) is 34.8 Å². The molecule has 4 heteroatoms. The molecule has 0 aliphatic carbocycles. The summed E-state index contributed by atoms with van der Waals surface area (Å²) in [5.74, 6) is 0.325. The van der Waals surface area contributed by atoms with E-state index in [2.05, 4.69) is 16.8 Å². The van der Waals surface area contributed by atoms with E-state index in [1.54, 1.807) is 18.3 Å². The molecule has 0 amide bonds. The Hall–Kier alpha value is -0.740. The number of hydrogen-bond acceptors (Lipinski definition) is 4. The standard InChI is InChI=1S/C13H20N2OS/c1-10-13(17-9-14-10)6-8-15-7-4-3-5-12(15)11(2)16/h9,12H,3-8H2,1-2H3. The number of carbonyl (C=O) groups excluding carboxylic acids is 1. The highest BCUT2D eigenvalue weighted by Crippen LogP contribution is 2.20. The Morgan fingerprint density at radius 3 is 3.06 bits per heavy atom. The van der Waals surface area contributed by atoms with Gasteiger partial charge in [-0.1, -0.05) is 6.42 Å². The van der Waals surface area contributed by atoms with Crippen LogP contribution in [0.2, 0.25) is 0 Å². The van der Waals surface area contributed by atoms with Gasteiger partial charge in [0, 0.05) is 11.4 Å². The summed E-state index contributed by atoms with van der Waals surface area (Å²) in [4.78, 5) is 19.6. The fourth-order valence-electron chi connectivity index (χ4n) is 2.53. The molecule has 0 saturated carbocycles. The molecule has 1 aromatic rings. The highest BCUT2D eigenvalue weighted by molar-refractivity contribution is 7.09. The molecule has 1 atom stereocenters. The summed E-state index contributed by atoms with van der Waals surface area (Å²) in [6.07, 6.45) is 4.49. The SMILES string of the molecule is CC(=O)C1CCCCN1CCc1scnc1C. The molecule has 2 rings (SSSR count). The predicted octanol–water partition coefficient (Wildman–Crippen LogP) is 2.44. The molecule has 0 bridgehead atoms. The quantitative estimate of drug-likeness (QED) is 0.825. The fraction of sp³-hybridized carbons (Fsp3) is 0.692. The van der Waals surface area contributed by atoms with Crippen LogP contribution in [0.4, 0.5) is 0 Å². The van der Waals surface area contributed by atoms with Gasteiger partial charge >= 0.3 is 0 Å². The number of thiazole rings is 1. The second kappa shape index (κ2) is 5.74. The summed E-state index contributed by atoms with van der Waals surface area (Å²) in [6, 6.07) is 0.164. The van der Waals surface area contributed by atoms with E-state index in [1.807, 2.05) is 5.51 Å². The topological polar surface area (TPSA) is 33.2 Å². The van der Waals surface area contributed by atoms with E-state index < -0.39 is 0 Å². The number of hydrogen-bond donors (Lipinski definition) is 0. The number of aryl methyl sites for hydroxylation is 1. The maximum absolute atomic E-state index is 11.6. The first-order valence-corrected chi connectivity index (χ1v) is 7.20. The molecule has 3 nitrogen and oxygen atoms in total. The first-order chi connectivity index (χ1) is 8.18. The zero-order valence-corrected chi connectivity index (χ0v) is 11.4. The van der Waals surface area contributed by atoms with Crippen LogP contribution < -0.4 is 0 Å². The van der Waals surface area contributed by atoms with Gasteiger partial charge in [0.05, 0.1) is 17.2 Å². The maximum Gasteiger partial charge on any atom is 0.146 e. The molecule has 1 unspecified atom stereocenters. The number of nitrogens with zero attached hydrogens (tertiary/aromatic N) is 2. The van der Waals surface area contributed by atoms with Crippen molar-refractivity contribution in [2.75, 3.05) is 13.1 Å². The lowest BCUT2D eigenvalue weighted by molar-refractivity contribution is -0.123. The highest BCUT2D eigenvalue weighted by Gasteiger charge is 2.25. The first kappa shape index (κ1) is 12.7. The molecule has 1 fully saturated rings. The Bertz CT molecular complexity index is 389. The van der Waals surface area contributed by atoms with Gasteiger partial charge in [0.2, 0.25) is 0 Å². The molecule has 0 aromatic carbocycles. The van der Waals surface area contributed by atoms with Crippen molar-refractivity contribution in [2.24, 2.45) is 0 Å². The summed E-state index contributed by atoms with van der Waals surface area (Å²) in [7, 11) is 0. The van der Waals surface area contributed by atoms with Crippen molar-refractivity contribution in [2.45, 2.75) is 45.6 Å². The average molecular weight is 252 g/mol. The summed E-state index contributed by atoms with van der Waals surface area (Å²) < 4.78 is 0. The van der Waals surface area contributed by atoms with Gasteiger partial charge in [-0.2, -0.15) is 0 Å². The highest BCUT2D eigenvalue weighted by atomic mass is 32.1. The summed E-state index contributed by atoms with van der Waals surface area (Å²) in [5.41, 5.74) is 3.05. The summed E-state index contributed by atoms with van der Waals surface area (Å²) in [5, 5.41) is 0. The molecule has 94 valence electrons. The number of piperidine rings is 1. The molecule has 17 heavy (non-hydrogen) atoms. The average Bonchev–Trinajstić information content (AvgIpc) is 2.72. The largest absolute Gasteiger partial charge is 0.298 e. The number of rotatable bonds is 4. The van der Waals surface area contributed by atoms with E-state index in [4.69, 9.17) is 0 Å². The third kappa shape index (κ3) is 3.13. The van der Waals surface area contributed by atoms with Gasteiger partial charge in [-0.15, -0.1) is 11.3 Å². The van der Waals surface area contributed by atoms with Gasteiger partial charge in [-0.25, -0.2) is 4.98 Å². The van der Waals surface area contributed by atoms with E-state index in [0.717, 1.165) is 31.6 Å². The van der Waals surface area contributed by atoms with Crippen LogP contribution in [0.15, 0.2) is 5.51 Å². The van der Waals surface area contributed by atoms with Crippen LogP contribution in [0.5, 0.6) is 0 Å². The lowest BCUT2D eigenvalue weighted by atomic mass is 9.99. The molecule has 1 aliphatic heterocycles. The Kier molecular flexibility index (Phi) is 4.29. The van der Waals surface area contributed by atoms with Gasteiger partial charge < -0.3 is 0 Å². The number of aromatic nitrogens is 1. The van der Waals surface area contributed by atoms with Crippen molar-refractivity contribution in [3.05, 3.63) is 16.1 Å². The minimum absolute atomic E-state index is 0.164. The number of likely N-dealkylation sites (tertiary alicyclic amines) is 1. The van der Waals surface area contributed by atoms with Crippen molar-refractivity contribution in [3.63, 3.8) is 0 Å². The van der Waals surface area contributed by atoms with Gasteiger partial charge in [0.1, 0.15) is 5.78 Å². The minimum Gasteiger partial charge on any atom is -0.298 e. The number of ketones is 1. The molecule has 2 heterocycles. The molecule has 0 N–H and O–H groups in total. The second-order valence-corrected chi connectivity index (χ2v) is 5.71. The van der Waals surface area contributed by atoms with Crippen LogP contribution in [0.3, 0.4) is 0 Å². The van der Waals surface area contributed by atoms with Crippen LogP contribution in [-0.2, 0) is 11.2 Å². The number of carbonyl (C=O) groups is 1. The van der Waals surface area contributed by atoms with Crippen LogP contribution in [0, 0.1) is 6.92 Å². The molecule has 1 saturated heterocycles. The summed E-state index contributed by atoms with van der Waals surface area (Å²) >= 11 is 1.73. The third-order valence-corrected chi connectivity index (χ3v) is 4.55. The minimum atomic E-state index is 0.164. The zero-order chi connectivity index (χ0) is 12.3. The Labute approximate surface area is 107 Å². The van der Waals surface area contributed by atoms with Gasteiger partial charge in [-0.3, -0.25) is 9.69 Å². The second-order valence-electron chi connectivity index (χ2n) is 4.77. The van der Waals surface area contributed by atoms with E-state index >= 15 is 0 Å². The molecular weight excluding hydrogens is 232 g/mol. The van der Waals surface area contributed by atoms with Gasteiger partial charge in [0.25, 0.3) is 0 Å². The van der Waals surface area contributed by atoms with E-state index in [-0.39, 0.29) is 6.04 Å². The van der Waals surface area contributed by atoms with Gasteiger partial charge in [0.15, 0.2) is 0 Å². The van der Waals surface area contributed by atoms with Crippen LogP contribution >= 0.6 is 11.3 Å². The Morgan fingerprint density at radius 1 is 1.59 bits per heavy atom. The number of Topliss-reactive ketones (excluding diaryl/α,β-unsaturated/α-hetero) is 1. The lowest BCUT2D eigenvalue weighted by Crippen LogP contribution is -2.44. The predicted molar refractivity (Wildman–Crippen MR) is 70.4 cm³/mol.